The highest BCUT2D eigenvalue weighted by molar-refractivity contribution is 5.87. The molecular weight excluding hydrogens is 263 g/mol. The number of amides is 1. The molecule has 0 radical (unpaired) electrons. The summed E-state index contributed by atoms with van der Waals surface area (Å²) in [4.78, 5) is 22.3. The lowest BCUT2D eigenvalue weighted by Crippen LogP contribution is -2.39. The molecule has 1 aromatic carbocycles. The van der Waals surface area contributed by atoms with Crippen LogP contribution in [0.15, 0.2) is 24.3 Å². The molecule has 0 heterocycles. The maximum absolute atomic E-state index is 12.3. The van der Waals surface area contributed by atoms with Crippen molar-refractivity contribution in [3.63, 3.8) is 0 Å². The van der Waals surface area contributed by atoms with Crippen molar-refractivity contribution >= 4 is 11.9 Å². The highest BCUT2D eigenvalue weighted by atomic mass is 19.4. The maximum Gasteiger partial charge on any atom is 0.471 e. The summed E-state index contributed by atoms with van der Waals surface area (Å²) in [5, 5.41) is 8.71. The Morgan fingerprint density at radius 1 is 1.21 bits per heavy atom. The van der Waals surface area contributed by atoms with Crippen LogP contribution in [0.2, 0.25) is 0 Å². The molecule has 0 aromatic heterocycles. The number of hydrogen-bond donors (Lipinski definition) is 1. The first kappa shape index (κ1) is 15.0. The van der Waals surface area contributed by atoms with Gasteiger partial charge < -0.3 is 10.0 Å². The van der Waals surface area contributed by atoms with E-state index in [1.807, 2.05) is 0 Å². The third kappa shape index (κ3) is 3.46. The first-order valence-corrected chi connectivity index (χ1v) is 5.32. The summed E-state index contributed by atoms with van der Waals surface area (Å²) in [5.74, 6) is -3.07. The fourth-order valence-corrected chi connectivity index (χ4v) is 1.50. The van der Waals surface area contributed by atoms with Gasteiger partial charge >= 0.3 is 18.1 Å². The summed E-state index contributed by atoms with van der Waals surface area (Å²) >= 11 is 0. The zero-order valence-corrected chi connectivity index (χ0v) is 10.2. The van der Waals surface area contributed by atoms with Gasteiger partial charge in [0.05, 0.1) is 11.6 Å². The standard InChI is InChI=1S/C12H12F3NO3/c1-7(16(2)11(19)12(13,14)15)8-3-5-9(6-4-8)10(17)18/h3-7H,1-2H3,(H,17,18). The summed E-state index contributed by atoms with van der Waals surface area (Å²) in [5.41, 5.74) is 0.450. The number of carbonyl (C=O) groups is 2. The Hall–Kier alpha value is -2.05. The van der Waals surface area contributed by atoms with Gasteiger partial charge in [0.1, 0.15) is 0 Å². The highest BCUT2D eigenvalue weighted by Gasteiger charge is 2.42. The Balaban J connectivity index is 2.91. The molecule has 0 saturated carbocycles. The molecule has 1 amide bonds. The third-order valence-corrected chi connectivity index (χ3v) is 2.78. The first-order chi connectivity index (χ1) is 8.64. The van der Waals surface area contributed by atoms with Gasteiger partial charge in [-0.3, -0.25) is 4.79 Å². The molecule has 1 rings (SSSR count). The lowest BCUT2D eigenvalue weighted by atomic mass is 10.1. The van der Waals surface area contributed by atoms with Crippen molar-refractivity contribution in [2.24, 2.45) is 0 Å². The minimum Gasteiger partial charge on any atom is -0.478 e. The monoisotopic (exact) mass is 275 g/mol. The van der Waals surface area contributed by atoms with Crippen molar-refractivity contribution < 1.29 is 27.9 Å². The highest BCUT2D eigenvalue weighted by Crippen LogP contribution is 2.25. The Labute approximate surface area is 107 Å². The second-order valence-electron chi connectivity index (χ2n) is 4.02. The molecule has 4 nitrogen and oxygen atoms in total. The molecule has 0 saturated heterocycles. The molecule has 104 valence electrons. The molecule has 0 aliphatic heterocycles. The van der Waals surface area contributed by atoms with Crippen LogP contribution in [0.3, 0.4) is 0 Å². The van der Waals surface area contributed by atoms with E-state index >= 15 is 0 Å². The number of alkyl halides is 3. The molecule has 0 bridgehead atoms. The smallest absolute Gasteiger partial charge is 0.471 e. The Morgan fingerprint density at radius 2 is 1.68 bits per heavy atom. The van der Waals surface area contributed by atoms with Gasteiger partial charge in [0.15, 0.2) is 0 Å². The van der Waals surface area contributed by atoms with Gasteiger partial charge in [-0.15, -0.1) is 0 Å². The van der Waals surface area contributed by atoms with Crippen LogP contribution in [-0.4, -0.2) is 35.1 Å². The van der Waals surface area contributed by atoms with E-state index in [0.717, 1.165) is 7.05 Å². The number of carboxylic acids is 1. The van der Waals surface area contributed by atoms with Crippen LogP contribution in [0, 0.1) is 0 Å². The van der Waals surface area contributed by atoms with E-state index in [1.165, 1.54) is 31.2 Å². The van der Waals surface area contributed by atoms with Crippen molar-refractivity contribution in [1.29, 1.82) is 0 Å². The molecule has 0 aliphatic carbocycles. The van der Waals surface area contributed by atoms with Gasteiger partial charge in [-0.05, 0) is 24.6 Å². The largest absolute Gasteiger partial charge is 0.478 e. The van der Waals surface area contributed by atoms with E-state index < -0.39 is 24.1 Å². The number of nitrogens with zero attached hydrogens (tertiary/aromatic N) is 1. The van der Waals surface area contributed by atoms with E-state index in [0.29, 0.717) is 10.5 Å². The summed E-state index contributed by atoms with van der Waals surface area (Å²) in [6, 6.07) is 4.51. The molecule has 0 aliphatic rings. The number of carbonyl (C=O) groups excluding carboxylic acids is 1. The predicted octanol–water partition coefficient (Wildman–Crippen LogP) is 2.47. The van der Waals surface area contributed by atoms with Crippen LogP contribution >= 0.6 is 0 Å². The number of benzene rings is 1. The van der Waals surface area contributed by atoms with Gasteiger partial charge in [0, 0.05) is 7.05 Å². The second-order valence-corrected chi connectivity index (χ2v) is 4.02. The molecule has 19 heavy (non-hydrogen) atoms. The van der Waals surface area contributed by atoms with Gasteiger partial charge in [-0.25, -0.2) is 4.79 Å². The minimum absolute atomic E-state index is 0.0285. The quantitative estimate of drug-likeness (QED) is 0.921. The third-order valence-electron chi connectivity index (χ3n) is 2.78. The van der Waals surface area contributed by atoms with Crippen molar-refractivity contribution in [2.75, 3.05) is 7.05 Å². The normalized spacial score (nSPS) is 12.9. The van der Waals surface area contributed by atoms with E-state index in [1.54, 1.807) is 0 Å². The number of hydrogen-bond acceptors (Lipinski definition) is 2. The van der Waals surface area contributed by atoms with Crippen LogP contribution in [0.5, 0.6) is 0 Å². The minimum atomic E-state index is -4.93. The summed E-state index contributed by atoms with van der Waals surface area (Å²) in [6.45, 7) is 1.43. The van der Waals surface area contributed by atoms with Crippen LogP contribution in [0.25, 0.3) is 0 Å². The molecule has 1 aromatic rings. The lowest BCUT2D eigenvalue weighted by Gasteiger charge is -2.26. The average molecular weight is 275 g/mol. The fourth-order valence-electron chi connectivity index (χ4n) is 1.50. The van der Waals surface area contributed by atoms with Gasteiger partial charge in [0.25, 0.3) is 0 Å². The molecule has 7 heteroatoms. The second kappa shape index (κ2) is 5.29. The Kier molecular flexibility index (Phi) is 4.18. The molecule has 1 unspecified atom stereocenters. The van der Waals surface area contributed by atoms with E-state index in [9.17, 15) is 22.8 Å². The molecule has 1 atom stereocenters. The number of halogens is 3. The molecule has 1 N–H and O–H groups in total. The first-order valence-electron chi connectivity index (χ1n) is 5.32. The number of aromatic carboxylic acids is 1. The predicted molar refractivity (Wildman–Crippen MR) is 60.6 cm³/mol. The number of rotatable bonds is 3. The topological polar surface area (TPSA) is 57.6 Å². The molecule has 0 spiro atoms. The van der Waals surface area contributed by atoms with E-state index in [-0.39, 0.29) is 5.56 Å². The van der Waals surface area contributed by atoms with Crippen molar-refractivity contribution in [1.82, 2.24) is 4.90 Å². The summed E-state index contributed by atoms with van der Waals surface area (Å²) < 4.78 is 36.8. The zero-order chi connectivity index (χ0) is 14.8. The van der Waals surface area contributed by atoms with Gasteiger partial charge in [-0.1, -0.05) is 12.1 Å². The van der Waals surface area contributed by atoms with Crippen LogP contribution in [0.1, 0.15) is 28.9 Å². The maximum atomic E-state index is 12.3. The van der Waals surface area contributed by atoms with Crippen LogP contribution in [-0.2, 0) is 4.79 Å². The van der Waals surface area contributed by atoms with Crippen LogP contribution < -0.4 is 0 Å². The zero-order valence-electron chi connectivity index (χ0n) is 10.2. The fraction of sp³-hybridized carbons (Fsp3) is 0.333. The van der Waals surface area contributed by atoms with Crippen molar-refractivity contribution in [3.05, 3.63) is 35.4 Å². The van der Waals surface area contributed by atoms with Crippen molar-refractivity contribution in [3.8, 4) is 0 Å². The molecule has 0 fully saturated rings. The van der Waals surface area contributed by atoms with Crippen molar-refractivity contribution in [2.45, 2.75) is 19.1 Å². The Morgan fingerprint density at radius 3 is 2.05 bits per heavy atom. The number of carboxylic acid groups (broad SMARTS) is 1. The van der Waals surface area contributed by atoms with Gasteiger partial charge in [-0.2, -0.15) is 13.2 Å². The van der Waals surface area contributed by atoms with E-state index in [4.69, 9.17) is 5.11 Å². The molecular formula is C12H12F3NO3. The lowest BCUT2D eigenvalue weighted by molar-refractivity contribution is -0.186. The SMILES string of the molecule is CC(c1ccc(C(=O)O)cc1)N(C)C(=O)C(F)(F)F. The van der Waals surface area contributed by atoms with E-state index in [2.05, 4.69) is 0 Å². The van der Waals surface area contributed by atoms with Gasteiger partial charge in [0.2, 0.25) is 0 Å². The summed E-state index contributed by atoms with van der Waals surface area (Å²) in [7, 11) is 1.05. The Bertz CT molecular complexity index is 482. The average Bonchev–Trinajstić information content (AvgIpc) is 2.35. The van der Waals surface area contributed by atoms with Crippen LogP contribution in [0.4, 0.5) is 13.2 Å². The summed E-state index contributed by atoms with van der Waals surface area (Å²) in [6.07, 6.45) is -4.93.